The number of hydrogen-bond donors (Lipinski definition) is 0. The molecule has 0 fully saturated rings. The number of nitrogens with zero attached hydrogens (tertiary/aromatic N) is 1. The van der Waals surface area contributed by atoms with E-state index in [4.69, 9.17) is 0 Å². The highest BCUT2D eigenvalue weighted by Gasteiger charge is 2.39. The zero-order valence-electron chi connectivity index (χ0n) is 27.4. The maximum absolute atomic E-state index is 2.59. The van der Waals surface area contributed by atoms with Gasteiger partial charge in [0.25, 0.3) is 0 Å². The Bertz CT molecular complexity index is 2550. The molecule has 2 aliphatic rings. The van der Waals surface area contributed by atoms with Gasteiger partial charge in [0.05, 0.1) is 11.7 Å². The molecule has 0 saturated carbocycles. The summed E-state index contributed by atoms with van der Waals surface area (Å²) in [6.45, 7) is 0. The monoisotopic (exact) mass is 655 g/mol. The van der Waals surface area contributed by atoms with Crippen LogP contribution >= 0.6 is 11.3 Å². The molecular formula is C48H33NS. The largest absolute Gasteiger partial charge is 0.333 e. The summed E-state index contributed by atoms with van der Waals surface area (Å²) in [6, 6.07) is 60.5. The van der Waals surface area contributed by atoms with Crippen LogP contribution in [-0.4, -0.2) is 6.04 Å². The molecule has 0 radical (unpaired) electrons. The Hall–Kier alpha value is -5.96. The average Bonchev–Trinajstić information content (AvgIpc) is 3.74. The van der Waals surface area contributed by atoms with Crippen LogP contribution in [0, 0.1) is 0 Å². The van der Waals surface area contributed by atoms with Crippen LogP contribution in [0.15, 0.2) is 188 Å². The average molecular weight is 656 g/mol. The molecule has 2 atom stereocenters. The van der Waals surface area contributed by atoms with Gasteiger partial charge in [-0.25, -0.2) is 0 Å². The zero-order chi connectivity index (χ0) is 33.0. The second-order valence-electron chi connectivity index (χ2n) is 13.3. The van der Waals surface area contributed by atoms with Gasteiger partial charge in [-0.3, -0.25) is 0 Å². The van der Waals surface area contributed by atoms with E-state index in [-0.39, 0.29) is 6.04 Å². The molecule has 1 aliphatic heterocycles. The van der Waals surface area contributed by atoms with Crippen LogP contribution in [0.25, 0.3) is 64.7 Å². The summed E-state index contributed by atoms with van der Waals surface area (Å²) >= 11 is 1.88. The molecule has 2 heterocycles. The fraction of sp³-hybridized carbons (Fsp3) is 0.0417. The molecule has 0 amide bonds. The standard InChI is InChI=1S/C48H33NS/c1-3-13-32(14-4-1)36-28-37(33-15-5-2-6-16-33)30-38(29-36)34-17-11-18-35(27-34)40-21-12-22-43-41-19-7-9-23-45(41)49(48(40)43)39-25-26-47-44(31-39)42-20-8-10-24-46(42)50-47/h1-31,41,45H. The zero-order valence-corrected chi connectivity index (χ0v) is 28.2. The fourth-order valence-electron chi connectivity index (χ4n) is 8.03. The SMILES string of the molecule is C1=CC2c3cccc(-c4cccc(-c5cc(-c6ccccc6)cc(-c6ccccc6)c5)c4)c3N(c3ccc4sc5ccccc5c4c3)C2C=C1. The van der Waals surface area contributed by atoms with Crippen molar-refractivity contribution in [3.63, 3.8) is 0 Å². The number of thiophene rings is 1. The molecule has 2 heteroatoms. The summed E-state index contributed by atoms with van der Waals surface area (Å²) < 4.78 is 2.67. The van der Waals surface area contributed by atoms with Gasteiger partial charge in [-0.2, -0.15) is 0 Å². The van der Waals surface area contributed by atoms with Crippen LogP contribution in [-0.2, 0) is 0 Å². The number of fused-ring (bicyclic) bond motifs is 6. The van der Waals surface area contributed by atoms with E-state index in [1.807, 2.05) is 11.3 Å². The fourth-order valence-corrected chi connectivity index (χ4v) is 9.12. The Balaban J connectivity index is 1.13. The van der Waals surface area contributed by atoms with Crippen molar-refractivity contribution in [3.8, 4) is 44.5 Å². The van der Waals surface area contributed by atoms with E-state index in [0.717, 1.165) is 0 Å². The van der Waals surface area contributed by atoms with E-state index in [1.54, 1.807) is 0 Å². The normalized spacial score (nSPS) is 16.2. The molecule has 0 spiro atoms. The van der Waals surface area contributed by atoms with Gasteiger partial charge >= 0.3 is 0 Å². The van der Waals surface area contributed by atoms with Gasteiger partial charge in [-0.05, 0) is 93.0 Å². The molecular weight excluding hydrogens is 623 g/mol. The van der Waals surface area contributed by atoms with E-state index >= 15 is 0 Å². The Labute approximate surface area is 296 Å². The first-order valence-corrected chi connectivity index (χ1v) is 18.2. The van der Waals surface area contributed by atoms with Gasteiger partial charge in [0.2, 0.25) is 0 Å². The number of benzene rings is 7. The molecule has 0 bridgehead atoms. The Morgan fingerprint density at radius 2 is 1.02 bits per heavy atom. The number of rotatable bonds is 5. The molecule has 1 nitrogen and oxygen atoms in total. The van der Waals surface area contributed by atoms with Gasteiger partial charge in [0.15, 0.2) is 0 Å². The molecule has 50 heavy (non-hydrogen) atoms. The van der Waals surface area contributed by atoms with E-state index in [9.17, 15) is 0 Å². The molecule has 10 rings (SSSR count). The molecule has 1 aromatic heterocycles. The lowest BCUT2D eigenvalue weighted by atomic mass is 9.89. The third-order valence-electron chi connectivity index (χ3n) is 10.4. The highest BCUT2D eigenvalue weighted by molar-refractivity contribution is 7.25. The van der Waals surface area contributed by atoms with Crippen molar-refractivity contribution in [1.82, 2.24) is 0 Å². The smallest absolute Gasteiger partial charge is 0.0629 e. The molecule has 1 aliphatic carbocycles. The number of hydrogen-bond acceptors (Lipinski definition) is 2. The Morgan fingerprint density at radius 1 is 0.420 bits per heavy atom. The summed E-state index contributed by atoms with van der Waals surface area (Å²) in [5.41, 5.74) is 13.7. The quantitative estimate of drug-likeness (QED) is 0.178. The van der Waals surface area contributed by atoms with Crippen molar-refractivity contribution in [1.29, 1.82) is 0 Å². The lowest BCUT2D eigenvalue weighted by Crippen LogP contribution is -2.28. The van der Waals surface area contributed by atoms with Gasteiger partial charge in [-0.15, -0.1) is 11.3 Å². The van der Waals surface area contributed by atoms with E-state index in [1.165, 1.54) is 81.6 Å². The highest BCUT2D eigenvalue weighted by Crippen LogP contribution is 2.52. The first kappa shape index (κ1) is 29.0. The highest BCUT2D eigenvalue weighted by atomic mass is 32.1. The van der Waals surface area contributed by atoms with Gasteiger partial charge in [0.1, 0.15) is 0 Å². The topological polar surface area (TPSA) is 3.24 Å². The van der Waals surface area contributed by atoms with Crippen LogP contribution in [0.5, 0.6) is 0 Å². The summed E-state index contributed by atoms with van der Waals surface area (Å²) in [4.78, 5) is 2.59. The van der Waals surface area contributed by atoms with Crippen LogP contribution in [0.3, 0.4) is 0 Å². The van der Waals surface area contributed by atoms with Crippen molar-refractivity contribution in [2.24, 2.45) is 0 Å². The molecule has 0 saturated heterocycles. The van der Waals surface area contributed by atoms with Crippen molar-refractivity contribution < 1.29 is 0 Å². The second-order valence-corrected chi connectivity index (χ2v) is 14.4. The van der Waals surface area contributed by atoms with Crippen molar-refractivity contribution in [2.45, 2.75) is 12.0 Å². The van der Waals surface area contributed by atoms with E-state index in [0.29, 0.717) is 5.92 Å². The van der Waals surface area contributed by atoms with E-state index < -0.39 is 0 Å². The van der Waals surface area contributed by atoms with Crippen molar-refractivity contribution in [3.05, 3.63) is 194 Å². The van der Waals surface area contributed by atoms with E-state index in [2.05, 4.69) is 193 Å². The third-order valence-corrected chi connectivity index (χ3v) is 11.5. The lowest BCUT2D eigenvalue weighted by molar-refractivity contribution is 0.745. The first-order valence-electron chi connectivity index (χ1n) is 17.3. The minimum Gasteiger partial charge on any atom is -0.333 e. The molecule has 2 unspecified atom stereocenters. The van der Waals surface area contributed by atoms with Crippen molar-refractivity contribution >= 4 is 42.9 Å². The lowest BCUT2D eigenvalue weighted by Gasteiger charge is -2.30. The second kappa shape index (κ2) is 11.9. The third kappa shape index (κ3) is 4.83. The molecule has 7 aromatic carbocycles. The minimum absolute atomic E-state index is 0.220. The summed E-state index contributed by atoms with van der Waals surface area (Å²) in [6.07, 6.45) is 9.17. The van der Waals surface area contributed by atoms with Gasteiger partial charge in [0, 0.05) is 37.3 Å². The van der Waals surface area contributed by atoms with Crippen LogP contribution in [0.1, 0.15) is 11.5 Å². The first-order chi connectivity index (χ1) is 24.8. The van der Waals surface area contributed by atoms with Crippen molar-refractivity contribution in [2.75, 3.05) is 4.90 Å². The molecule has 236 valence electrons. The number of anilines is 2. The van der Waals surface area contributed by atoms with Crippen LogP contribution in [0.2, 0.25) is 0 Å². The Morgan fingerprint density at radius 3 is 1.80 bits per heavy atom. The maximum Gasteiger partial charge on any atom is 0.0629 e. The summed E-state index contributed by atoms with van der Waals surface area (Å²) in [7, 11) is 0. The predicted octanol–water partition coefficient (Wildman–Crippen LogP) is 13.5. The summed E-state index contributed by atoms with van der Waals surface area (Å²) in [5, 5.41) is 2.66. The maximum atomic E-state index is 2.59. The number of para-hydroxylation sites is 1. The van der Waals surface area contributed by atoms with Gasteiger partial charge in [-0.1, -0.05) is 140 Å². The van der Waals surface area contributed by atoms with Crippen LogP contribution < -0.4 is 4.90 Å². The molecule has 8 aromatic rings. The number of allylic oxidation sites excluding steroid dienone is 2. The summed E-state index contributed by atoms with van der Waals surface area (Å²) in [5.74, 6) is 0.295. The predicted molar refractivity (Wildman–Crippen MR) is 214 cm³/mol. The van der Waals surface area contributed by atoms with Gasteiger partial charge < -0.3 is 4.90 Å². The Kier molecular flexibility index (Phi) is 6.89. The molecule has 0 N–H and O–H groups in total. The van der Waals surface area contributed by atoms with Crippen LogP contribution in [0.4, 0.5) is 11.4 Å². The minimum atomic E-state index is 0.220.